The first-order valence-corrected chi connectivity index (χ1v) is 10.1. The van der Waals surface area contributed by atoms with Gasteiger partial charge in [-0.05, 0) is 36.4 Å². The lowest BCUT2D eigenvalue weighted by Gasteiger charge is -2.35. The molecule has 0 N–H and O–H groups in total. The van der Waals surface area contributed by atoms with E-state index in [0.29, 0.717) is 42.0 Å². The van der Waals surface area contributed by atoms with Crippen molar-refractivity contribution in [3.63, 3.8) is 0 Å². The highest BCUT2D eigenvalue weighted by molar-refractivity contribution is 7.99. The van der Waals surface area contributed by atoms with Gasteiger partial charge >= 0.3 is 5.69 Å². The van der Waals surface area contributed by atoms with E-state index in [9.17, 15) is 10.1 Å². The maximum Gasteiger partial charge on any atom is 0.343 e. The zero-order chi connectivity index (χ0) is 20.2. The van der Waals surface area contributed by atoms with Crippen molar-refractivity contribution in [2.45, 2.75) is 9.92 Å². The van der Waals surface area contributed by atoms with E-state index in [1.165, 1.54) is 18.1 Å². The van der Waals surface area contributed by atoms with Crippen LogP contribution in [0.2, 0.25) is 5.02 Å². The summed E-state index contributed by atoms with van der Waals surface area (Å²) in [4.78, 5) is 29.2. The second-order valence-electron chi connectivity index (χ2n) is 6.33. The van der Waals surface area contributed by atoms with Crippen molar-refractivity contribution >= 4 is 40.7 Å². The second kappa shape index (κ2) is 8.62. The van der Waals surface area contributed by atoms with Crippen LogP contribution in [0, 0.1) is 10.1 Å². The van der Waals surface area contributed by atoms with Crippen LogP contribution in [0.15, 0.2) is 64.9 Å². The molecule has 29 heavy (non-hydrogen) atoms. The van der Waals surface area contributed by atoms with Crippen LogP contribution in [0.25, 0.3) is 0 Å². The third-order valence-electron chi connectivity index (χ3n) is 4.53. The van der Waals surface area contributed by atoms with Crippen molar-refractivity contribution in [1.29, 1.82) is 0 Å². The van der Waals surface area contributed by atoms with Crippen molar-refractivity contribution in [3.8, 4) is 0 Å². The molecule has 0 saturated carbocycles. The number of rotatable bonds is 5. The molecule has 8 nitrogen and oxygen atoms in total. The minimum Gasteiger partial charge on any atom is -0.353 e. The second-order valence-corrected chi connectivity index (χ2v) is 7.82. The smallest absolute Gasteiger partial charge is 0.343 e. The van der Waals surface area contributed by atoms with Gasteiger partial charge in [0.2, 0.25) is 5.82 Å². The molecule has 0 atom stereocenters. The maximum absolute atomic E-state index is 11.9. The monoisotopic (exact) mass is 428 g/mol. The van der Waals surface area contributed by atoms with Crippen LogP contribution >= 0.6 is 23.4 Å². The molecule has 4 rings (SSSR count). The summed E-state index contributed by atoms with van der Waals surface area (Å²) in [6.45, 7) is 2.63. The number of halogens is 1. The molecule has 148 valence electrons. The quantitative estimate of drug-likeness (QED) is 0.343. The molecule has 1 fully saturated rings. The predicted molar refractivity (Wildman–Crippen MR) is 113 cm³/mol. The molecule has 0 amide bonds. The van der Waals surface area contributed by atoms with Gasteiger partial charge in [-0.3, -0.25) is 10.1 Å². The zero-order valence-corrected chi connectivity index (χ0v) is 16.9. The molecule has 0 aliphatic carbocycles. The Balaban J connectivity index is 1.56. The fourth-order valence-corrected chi connectivity index (χ4v) is 4.11. The largest absolute Gasteiger partial charge is 0.353 e. The van der Waals surface area contributed by atoms with Crippen molar-refractivity contribution in [3.05, 3.63) is 70.1 Å². The van der Waals surface area contributed by atoms with Gasteiger partial charge in [0.25, 0.3) is 0 Å². The van der Waals surface area contributed by atoms with Gasteiger partial charge in [-0.1, -0.05) is 29.4 Å². The van der Waals surface area contributed by atoms with Crippen LogP contribution in [0.4, 0.5) is 17.3 Å². The lowest BCUT2D eigenvalue weighted by molar-refractivity contribution is -0.387. The molecule has 0 radical (unpaired) electrons. The minimum absolute atomic E-state index is 0.0706. The van der Waals surface area contributed by atoms with Crippen LogP contribution in [-0.4, -0.2) is 46.1 Å². The first-order valence-electron chi connectivity index (χ1n) is 8.95. The molecule has 1 aliphatic rings. The molecule has 3 heterocycles. The van der Waals surface area contributed by atoms with Crippen LogP contribution in [0.5, 0.6) is 0 Å². The van der Waals surface area contributed by atoms with E-state index in [0.717, 1.165) is 10.7 Å². The number of hydrogen-bond donors (Lipinski definition) is 0. The Hall–Kier alpha value is -2.91. The molecule has 2 aromatic heterocycles. The Morgan fingerprint density at radius 3 is 2.34 bits per heavy atom. The summed E-state index contributed by atoms with van der Waals surface area (Å²) in [5.74, 6) is 1.26. The molecular formula is C19H17ClN6O2S. The van der Waals surface area contributed by atoms with Crippen molar-refractivity contribution in [2.75, 3.05) is 36.0 Å². The summed E-state index contributed by atoms with van der Waals surface area (Å²) in [7, 11) is 0. The number of anilines is 2. The number of pyridine rings is 1. The van der Waals surface area contributed by atoms with E-state index in [1.807, 2.05) is 35.2 Å². The van der Waals surface area contributed by atoms with Crippen LogP contribution < -0.4 is 9.80 Å². The Bertz CT molecular complexity index is 997. The van der Waals surface area contributed by atoms with Crippen molar-refractivity contribution in [2.24, 2.45) is 0 Å². The van der Waals surface area contributed by atoms with Crippen molar-refractivity contribution < 1.29 is 4.92 Å². The SMILES string of the molecule is O=[N+]([O-])c1c(Sc2ccc(Cl)cc2)ncnc1N1CCN(c2ccccn2)CC1. The van der Waals surface area contributed by atoms with Gasteiger partial charge < -0.3 is 9.80 Å². The zero-order valence-electron chi connectivity index (χ0n) is 15.3. The number of benzene rings is 1. The average molecular weight is 429 g/mol. The Kier molecular flexibility index (Phi) is 5.77. The van der Waals surface area contributed by atoms with Gasteiger partial charge in [-0.25, -0.2) is 15.0 Å². The van der Waals surface area contributed by atoms with Crippen LogP contribution in [-0.2, 0) is 0 Å². The topological polar surface area (TPSA) is 88.3 Å². The maximum atomic E-state index is 11.9. The highest BCUT2D eigenvalue weighted by atomic mass is 35.5. The highest BCUT2D eigenvalue weighted by Gasteiger charge is 2.29. The van der Waals surface area contributed by atoms with Gasteiger partial charge in [0.15, 0.2) is 5.03 Å². The van der Waals surface area contributed by atoms with Crippen LogP contribution in [0.3, 0.4) is 0 Å². The molecule has 1 saturated heterocycles. The van der Waals surface area contributed by atoms with E-state index in [-0.39, 0.29) is 5.69 Å². The Morgan fingerprint density at radius 2 is 1.69 bits per heavy atom. The predicted octanol–water partition coefficient (Wildman–Crippen LogP) is 3.91. The number of aromatic nitrogens is 3. The Labute approximate surface area is 176 Å². The van der Waals surface area contributed by atoms with Gasteiger partial charge in [0.1, 0.15) is 12.1 Å². The molecule has 0 unspecified atom stereocenters. The molecule has 10 heteroatoms. The first kappa shape index (κ1) is 19.4. The van der Waals surface area contributed by atoms with Gasteiger partial charge in [-0.2, -0.15) is 0 Å². The molecule has 0 bridgehead atoms. The summed E-state index contributed by atoms with van der Waals surface area (Å²) >= 11 is 7.15. The van der Waals surface area contributed by atoms with Crippen LogP contribution in [0.1, 0.15) is 0 Å². The van der Waals surface area contributed by atoms with E-state index >= 15 is 0 Å². The summed E-state index contributed by atoms with van der Waals surface area (Å²) < 4.78 is 0. The summed E-state index contributed by atoms with van der Waals surface area (Å²) in [5, 5.41) is 12.8. The molecule has 0 spiro atoms. The lowest BCUT2D eigenvalue weighted by Crippen LogP contribution is -2.47. The van der Waals surface area contributed by atoms with E-state index < -0.39 is 4.92 Å². The number of nitro groups is 1. The minimum atomic E-state index is -0.404. The number of hydrogen-bond acceptors (Lipinski definition) is 8. The molecule has 1 aromatic carbocycles. The van der Waals surface area contributed by atoms with E-state index in [1.54, 1.807) is 18.3 Å². The fraction of sp³-hybridized carbons (Fsp3) is 0.211. The highest BCUT2D eigenvalue weighted by Crippen LogP contribution is 2.38. The average Bonchev–Trinajstić information content (AvgIpc) is 2.76. The van der Waals surface area contributed by atoms with E-state index in [4.69, 9.17) is 11.6 Å². The normalized spacial score (nSPS) is 14.1. The van der Waals surface area contributed by atoms with Gasteiger partial charge in [-0.15, -0.1) is 0 Å². The third kappa shape index (κ3) is 4.41. The first-order chi connectivity index (χ1) is 14.1. The van der Waals surface area contributed by atoms with Crippen molar-refractivity contribution in [1.82, 2.24) is 15.0 Å². The lowest BCUT2D eigenvalue weighted by atomic mass is 10.3. The Morgan fingerprint density at radius 1 is 0.966 bits per heavy atom. The van der Waals surface area contributed by atoms with E-state index in [2.05, 4.69) is 19.9 Å². The van der Waals surface area contributed by atoms with Gasteiger partial charge in [0.05, 0.1) is 4.92 Å². The molecule has 3 aromatic rings. The third-order valence-corrected chi connectivity index (χ3v) is 5.78. The summed E-state index contributed by atoms with van der Waals surface area (Å²) in [6.07, 6.45) is 3.14. The fourth-order valence-electron chi connectivity index (χ4n) is 3.12. The number of nitrogens with zero attached hydrogens (tertiary/aromatic N) is 6. The summed E-state index contributed by atoms with van der Waals surface area (Å²) in [6, 6.07) is 12.9. The van der Waals surface area contributed by atoms with Gasteiger partial charge in [0, 0.05) is 42.3 Å². The standard InChI is InChI=1S/C19H17ClN6O2S/c20-14-4-6-15(7-5-14)29-19-17(26(27)28)18(22-13-23-19)25-11-9-24(10-12-25)16-3-1-2-8-21-16/h1-8,13H,9-12H2. The summed E-state index contributed by atoms with van der Waals surface area (Å²) in [5.41, 5.74) is -0.0706. The molecular weight excluding hydrogens is 412 g/mol. The molecule has 1 aliphatic heterocycles. The number of piperazine rings is 1.